The molecule has 1 aliphatic heterocycles. The van der Waals surface area contributed by atoms with E-state index in [2.05, 4.69) is 0 Å². The zero-order valence-corrected chi connectivity index (χ0v) is 10.5. The van der Waals surface area contributed by atoms with Gasteiger partial charge in [-0.2, -0.15) is 0 Å². The van der Waals surface area contributed by atoms with Crippen LogP contribution in [-0.2, 0) is 4.74 Å². The first-order valence-electron chi connectivity index (χ1n) is 6.17. The van der Waals surface area contributed by atoms with Gasteiger partial charge in [-0.3, -0.25) is 0 Å². The maximum Gasteiger partial charge on any atom is 0.122 e. The Kier molecular flexibility index (Phi) is 4.06. The largest absolute Gasteiger partial charge is 0.508 e. The molecule has 0 aromatic heterocycles. The number of nitrogens with zero attached hydrogens (tertiary/aromatic N) is 1. The van der Waals surface area contributed by atoms with E-state index in [0.29, 0.717) is 19.8 Å². The van der Waals surface area contributed by atoms with E-state index in [-0.39, 0.29) is 24.4 Å². The molecule has 5 nitrogen and oxygen atoms in total. The molecule has 0 aliphatic carbocycles. The van der Waals surface area contributed by atoms with Crippen LogP contribution in [0.25, 0.3) is 0 Å². The van der Waals surface area contributed by atoms with Crippen LogP contribution in [0.3, 0.4) is 0 Å². The van der Waals surface area contributed by atoms with Crippen LogP contribution in [0, 0.1) is 0 Å². The fraction of sp³-hybridized carbons (Fsp3) is 0.538. The van der Waals surface area contributed by atoms with Gasteiger partial charge in [0.1, 0.15) is 5.75 Å². The summed E-state index contributed by atoms with van der Waals surface area (Å²) in [7, 11) is 0. The normalized spacial score (nSPS) is 21.9. The zero-order chi connectivity index (χ0) is 13.1. The molecule has 1 aromatic carbocycles. The minimum absolute atomic E-state index is 0.0375. The first-order chi connectivity index (χ1) is 8.63. The summed E-state index contributed by atoms with van der Waals surface area (Å²) in [6.45, 7) is 3.72. The number of hydrogen-bond donors (Lipinski definition) is 3. The number of ether oxygens (including phenoxy) is 1. The number of hydrogen-bond acceptors (Lipinski definition) is 5. The summed E-state index contributed by atoms with van der Waals surface area (Å²) < 4.78 is 5.33. The van der Waals surface area contributed by atoms with Crippen LogP contribution in [0.2, 0.25) is 0 Å². The van der Waals surface area contributed by atoms with E-state index < -0.39 is 0 Å². The van der Waals surface area contributed by atoms with Crippen molar-refractivity contribution in [3.05, 3.63) is 23.8 Å². The molecule has 1 aromatic rings. The molecule has 2 unspecified atom stereocenters. The van der Waals surface area contributed by atoms with Crippen molar-refractivity contribution in [1.29, 1.82) is 0 Å². The molecule has 1 heterocycles. The monoisotopic (exact) mass is 252 g/mol. The van der Waals surface area contributed by atoms with Crippen molar-refractivity contribution < 1.29 is 14.9 Å². The molecule has 2 rings (SSSR count). The maximum absolute atomic E-state index is 9.95. The van der Waals surface area contributed by atoms with Gasteiger partial charge in [-0.05, 0) is 13.0 Å². The van der Waals surface area contributed by atoms with E-state index in [0.717, 1.165) is 11.3 Å². The first kappa shape index (κ1) is 13.1. The van der Waals surface area contributed by atoms with Gasteiger partial charge in [0.15, 0.2) is 0 Å². The quantitative estimate of drug-likeness (QED) is 0.734. The molecule has 4 N–H and O–H groups in total. The van der Waals surface area contributed by atoms with Gasteiger partial charge in [0, 0.05) is 29.9 Å². The van der Waals surface area contributed by atoms with Crippen LogP contribution >= 0.6 is 0 Å². The summed E-state index contributed by atoms with van der Waals surface area (Å²) in [6.07, 6.45) is 0. The van der Waals surface area contributed by atoms with E-state index >= 15 is 0 Å². The molecule has 1 saturated heterocycles. The Balaban J connectivity index is 2.24. The lowest BCUT2D eigenvalue weighted by Gasteiger charge is -2.36. The highest BCUT2D eigenvalue weighted by Crippen LogP contribution is 2.29. The molecule has 0 bridgehead atoms. The molecule has 18 heavy (non-hydrogen) atoms. The number of anilines is 1. The van der Waals surface area contributed by atoms with Gasteiger partial charge in [0.2, 0.25) is 0 Å². The average Bonchev–Trinajstić information content (AvgIpc) is 2.38. The van der Waals surface area contributed by atoms with Crippen LogP contribution in [0.5, 0.6) is 5.75 Å². The molecular weight excluding hydrogens is 232 g/mol. The highest BCUT2D eigenvalue weighted by atomic mass is 16.5. The topological polar surface area (TPSA) is 79.0 Å². The Labute approximate surface area is 107 Å². The molecule has 0 spiro atoms. The fourth-order valence-electron chi connectivity index (χ4n) is 2.24. The van der Waals surface area contributed by atoms with Crippen LogP contribution < -0.4 is 10.6 Å². The number of morpholine rings is 1. The highest BCUT2D eigenvalue weighted by Gasteiger charge is 2.23. The van der Waals surface area contributed by atoms with E-state index in [1.807, 2.05) is 24.0 Å². The number of aliphatic hydroxyl groups is 1. The summed E-state index contributed by atoms with van der Waals surface area (Å²) in [5.41, 5.74) is 7.38. The minimum atomic E-state index is -0.197. The Hall–Kier alpha value is -1.30. The lowest BCUT2D eigenvalue weighted by atomic mass is 10.1. The summed E-state index contributed by atoms with van der Waals surface area (Å²) >= 11 is 0. The van der Waals surface area contributed by atoms with Crippen molar-refractivity contribution in [2.24, 2.45) is 5.73 Å². The molecule has 100 valence electrons. The molecule has 0 amide bonds. The summed E-state index contributed by atoms with van der Waals surface area (Å²) in [6, 6.07) is 5.20. The maximum atomic E-state index is 9.95. The molecule has 1 aliphatic rings. The van der Waals surface area contributed by atoms with Crippen molar-refractivity contribution in [2.75, 3.05) is 31.3 Å². The zero-order valence-electron chi connectivity index (χ0n) is 10.5. The Morgan fingerprint density at radius 1 is 1.56 bits per heavy atom. The Morgan fingerprint density at radius 3 is 2.94 bits per heavy atom. The summed E-state index contributed by atoms with van der Waals surface area (Å²) in [4.78, 5) is 2.05. The summed E-state index contributed by atoms with van der Waals surface area (Å²) in [5.74, 6) is 0.200. The third-order valence-electron chi connectivity index (χ3n) is 3.27. The number of rotatable bonds is 3. The van der Waals surface area contributed by atoms with Gasteiger partial charge in [-0.15, -0.1) is 0 Å². The van der Waals surface area contributed by atoms with Crippen molar-refractivity contribution in [1.82, 2.24) is 0 Å². The van der Waals surface area contributed by atoms with Crippen LogP contribution in [-0.4, -0.2) is 42.6 Å². The third-order valence-corrected chi connectivity index (χ3v) is 3.27. The van der Waals surface area contributed by atoms with Gasteiger partial charge in [0.25, 0.3) is 0 Å². The summed E-state index contributed by atoms with van der Waals surface area (Å²) in [5, 5.41) is 19.3. The average molecular weight is 252 g/mol. The van der Waals surface area contributed by atoms with E-state index in [1.165, 1.54) is 0 Å². The van der Waals surface area contributed by atoms with Crippen LogP contribution in [0.15, 0.2) is 18.2 Å². The Morgan fingerprint density at radius 2 is 2.33 bits per heavy atom. The molecule has 2 atom stereocenters. The lowest BCUT2D eigenvalue weighted by molar-refractivity contribution is 0.0727. The van der Waals surface area contributed by atoms with Crippen molar-refractivity contribution >= 4 is 5.69 Å². The second kappa shape index (κ2) is 5.56. The second-order valence-electron chi connectivity index (χ2n) is 4.64. The van der Waals surface area contributed by atoms with Gasteiger partial charge >= 0.3 is 0 Å². The molecule has 1 fully saturated rings. The van der Waals surface area contributed by atoms with Crippen LogP contribution in [0.4, 0.5) is 5.69 Å². The molecule has 5 heteroatoms. The lowest BCUT2D eigenvalue weighted by Crippen LogP contribution is -2.47. The standard InChI is InChI=1S/C13H20N2O3/c1-9(14)12-3-2-10(6-13(12)17)15-4-5-18-8-11(15)7-16/h2-3,6,9,11,16-17H,4-5,7-8,14H2,1H3. The van der Waals surface area contributed by atoms with Gasteiger partial charge < -0.3 is 25.6 Å². The molecular formula is C13H20N2O3. The first-order valence-corrected chi connectivity index (χ1v) is 6.17. The third kappa shape index (κ3) is 2.58. The molecule has 0 radical (unpaired) electrons. The highest BCUT2D eigenvalue weighted by molar-refractivity contribution is 5.55. The Bertz CT molecular complexity index is 409. The SMILES string of the molecule is CC(N)c1ccc(N2CCOCC2CO)cc1O. The molecule has 0 saturated carbocycles. The van der Waals surface area contributed by atoms with Gasteiger partial charge in [0.05, 0.1) is 25.9 Å². The van der Waals surface area contributed by atoms with Gasteiger partial charge in [-0.25, -0.2) is 0 Å². The second-order valence-corrected chi connectivity index (χ2v) is 4.64. The number of aromatic hydroxyl groups is 1. The van der Waals surface area contributed by atoms with E-state index in [1.54, 1.807) is 6.07 Å². The number of aliphatic hydroxyl groups excluding tert-OH is 1. The van der Waals surface area contributed by atoms with Crippen molar-refractivity contribution in [3.8, 4) is 5.75 Å². The fourth-order valence-corrected chi connectivity index (χ4v) is 2.24. The van der Waals surface area contributed by atoms with E-state index in [9.17, 15) is 10.2 Å². The predicted octanol–water partition coefficient (Wildman–Crippen LogP) is 0.609. The van der Waals surface area contributed by atoms with Crippen molar-refractivity contribution in [3.63, 3.8) is 0 Å². The number of phenolic OH excluding ortho intramolecular Hbond substituents is 1. The predicted molar refractivity (Wildman–Crippen MR) is 69.7 cm³/mol. The van der Waals surface area contributed by atoms with Crippen LogP contribution in [0.1, 0.15) is 18.5 Å². The smallest absolute Gasteiger partial charge is 0.122 e. The number of benzene rings is 1. The number of phenols is 1. The van der Waals surface area contributed by atoms with E-state index in [4.69, 9.17) is 10.5 Å². The minimum Gasteiger partial charge on any atom is -0.508 e. The van der Waals surface area contributed by atoms with Gasteiger partial charge in [-0.1, -0.05) is 6.07 Å². The van der Waals surface area contributed by atoms with Crippen molar-refractivity contribution in [2.45, 2.75) is 19.0 Å². The number of nitrogens with two attached hydrogens (primary N) is 1.